The Morgan fingerprint density at radius 1 is 1.67 bits per heavy atom. The lowest BCUT2D eigenvalue weighted by atomic mass is 9.88. The lowest BCUT2D eigenvalue weighted by Crippen LogP contribution is -2.48. The molecule has 1 aliphatic carbocycles. The fourth-order valence-electron chi connectivity index (χ4n) is 0.959. The van der Waals surface area contributed by atoms with Gasteiger partial charge in [-0.3, -0.25) is 0 Å². The normalized spacial score (nSPS) is 34.0. The third-order valence-corrected chi connectivity index (χ3v) is 1.57. The second kappa shape index (κ2) is 3.15. The maximum atomic E-state index is 5.55. The first-order valence-corrected chi connectivity index (χ1v) is 3.45. The molecule has 0 aromatic carbocycles. The van der Waals surface area contributed by atoms with Crippen LogP contribution < -0.4 is 11.2 Å². The molecule has 3 nitrogen and oxygen atoms in total. The number of hydroxylamine groups is 1. The van der Waals surface area contributed by atoms with Crippen molar-refractivity contribution in [2.24, 2.45) is 5.73 Å². The van der Waals surface area contributed by atoms with Crippen LogP contribution in [-0.2, 0) is 4.84 Å². The monoisotopic (exact) mass is 130 g/mol. The fourth-order valence-corrected chi connectivity index (χ4v) is 0.959. The summed E-state index contributed by atoms with van der Waals surface area (Å²) >= 11 is 0. The Hall–Kier alpha value is -0.120. The lowest BCUT2D eigenvalue weighted by Gasteiger charge is -2.32. The molecule has 0 unspecified atom stereocenters. The summed E-state index contributed by atoms with van der Waals surface area (Å²) in [6, 6.07) is 0.919. The van der Waals surface area contributed by atoms with Crippen molar-refractivity contribution in [1.29, 1.82) is 0 Å². The van der Waals surface area contributed by atoms with E-state index in [0.717, 1.165) is 19.4 Å². The number of hydrogen-bond donors (Lipinski definition) is 2. The van der Waals surface area contributed by atoms with Crippen LogP contribution in [0, 0.1) is 0 Å². The largest absolute Gasteiger partial charge is 0.328 e. The zero-order valence-corrected chi connectivity index (χ0v) is 5.76. The fraction of sp³-hybridized carbons (Fsp3) is 1.00. The molecule has 1 saturated carbocycles. The molecule has 1 rings (SSSR count). The molecule has 0 bridgehead atoms. The van der Waals surface area contributed by atoms with Gasteiger partial charge in [-0.15, -0.1) is 0 Å². The summed E-state index contributed by atoms with van der Waals surface area (Å²) in [5.74, 6) is 0. The van der Waals surface area contributed by atoms with Crippen LogP contribution in [-0.4, -0.2) is 18.7 Å². The van der Waals surface area contributed by atoms with E-state index in [2.05, 4.69) is 5.48 Å². The van der Waals surface area contributed by atoms with Crippen LogP contribution in [0.4, 0.5) is 0 Å². The summed E-state index contributed by atoms with van der Waals surface area (Å²) in [5.41, 5.74) is 8.46. The van der Waals surface area contributed by atoms with Crippen LogP contribution in [0.5, 0.6) is 0 Å². The van der Waals surface area contributed by atoms with Gasteiger partial charge >= 0.3 is 0 Å². The molecule has 54 valence electrons. The Labute approximate surface area is 55.5 Å². The van der Waals surface area contributed by atoms with Crippen LogP contribution in [0.2, 0.25) is 0 Å². The Balaban J connectivity index is 1.91. The van der Waals surface area contributed by atoms with Crippen molar-refractivity contribution in [3.8, 4) is 0 Å². The van der Waals surface area contributed by atoms with Crippen molar-refractivity contribution in [2.45, 2.75) is 31.8 Å². The van der Waals surface area contributed by atoms with E-state index in [1.54, 1.807) is 0 Å². The van der Waals surface area contributed by atoms with Crippen molar-refractivity contribution in [3.05, 3.63) is 0 Å². The van der Waals surface area contributed by atoms with Crippen molar-refractivity contribution < 1.29 is 4.84 Å². The minimum absolute atomic E-state index is 0.406. The highest BCUT2D eigenvalue weighted by Crippen LogP contribution is 2.16. The molecule has 0 aromatic rings. The summed E-state index contributed by atoms with van der Waals surface area (Å²) in [6.07, 6.45) is 2.11. The number of nitrogens with one attached hydrogen (secondary N) is 1. The summed E-state index contributed by atoms with van der Waals surface area (Å²) in [7, 11) is 0. The van der Waals surface area contributed by atoms with Crippen molar-refractivity contribution in [1.82, 2.24) is 5.48 Å². The number of nitrogens with two attached hydrogens (primary N) is 1. The van der Waals surface area contributed by atoms with Crippen LogP contribution in [0.15, 0.2) is 0 Å². The molecule has 0 saturated heterocycles. The Morgan fingerprint density at radius 2 is 2.33 bits per heavy atom. The third-order valence-electron chi connectivity index (χ3n) is 1.57. The van der Waals surface area contributed by atoms with E-state index < -0.39 is 0 Å². The van der Waals surface area contributed by atoms with E-state index in [4.69, 9.17) is 10.6 Å². The average Bonchev–Trinajstić information content (AvgIpc) is 1.78. The van der Waals surface area contributed by atoms with Gasteiger partial charge in [0.15, 0.2) is 0 Å². The SMILES string of the molecule is CCONC1CC(N)C1. The van der Waals surface area contributed by atoms with Crippen LogP contribution in [0.1, 0.15) is 19.8 Å². The van der Waals surface area contributed by atoms with E-state index in [0.29, 0.717) is 12.1 Å². The molecular formula is C6H14N2O. The maximum absolute atomic E-state index is 5.55. The Kier molecular flexibility index (Phi) is 2.45. The predicted molar refractivity (Wildman–Crippen MR) is 35.8 cm³/mol. The maximum Gasteiger partial charge on any atom is 0.0654 e. The van der Waals surface area contributed by atoms with E-state index >= 15 is 0 Å². The van der Waals surface area contributed by atoms with E-state index in [9.17, 15) is 0 Å². The molecular weight excluding hydrogens is 116 g/mol. The van der Waals surface area contributed by atoms with Gasteiger partial charge in [0, 0.05) is 12.1 Å². The van der Waals surface area contributed by atoms with E-state index in [1.807, 2.05) is 6.92 Å². The van der Waals surface area contributed by atoms with Gasteiger partial charge in [-0.25, -0.2) is 0 Å². The highest BCUT2D eigenvalue weighted by Gasteiger charge is 2.25. The van der Waals surface area contributed by atoms with Crippen molar-refractivity contribution >= 4 is 0 Å². The third kappa shape index (κ3) is 1.93. The van der Waals surface area contributed by atoms with Gasteiger partial charge in [-0.1, -0.05) is 0 Å². The molecule has 9 heavy (non-hydrogen) atoms. The molecule has 0 aliphatic heterocycles. The van der Waals surface area contributed by atoms with Gasteiger partial charge in [0.05, 0.1) is 6.61 Å². The van der Waals surface area contributed by atoms with Gasteiger partial charge in [0.25, 0.3) is 0 Å². The zero-order chi connectivity index (χ0) is 6.69. The predicted octanol–water partition coefficient (Wildman–Crippen LogP) is 0.0172. The molecule has 0 spiro atoms. The zero-order valence-electron chi connectivity index (χ0n) is 5.76. The quantitative estimate of drug-likeness (QED) is 0.529. The second-order valence-corrected chi connectivity index (χ2v) is 2.48. The first-order valence-electron chi connectivity index (χ1n) is 3.45. The van der Waals surface area contributed by atoms with Gasteiger partial charge < -0.3 is 10.6 Å². The summed E-state index contributed by atoms with van der Waals surface area (Å²) in [4.78, 5) is 4.98. The molecule has 0 atom stereocenters. The minimum atomic E-state index is 0.406. The first-order chi connectivity index (χ1) is 4.33. The van der Waals surface area contributed by atoms with Crippen LogP contribution in [0.3, 0.4) is 0 Å². The van der Waals surface area contributed by atoms with Crippen LogP contribution >= 0.6 is 0 Å². The second-order valence-electron chi connectivity index (χ2n) is 2.48. The van der Waals surface area contributed by atoms with Gasteiger partial charge in [-0.2, -0.15) is 5.48 Å². The number of rotatable bonds is 3. The highest BCUT2D eigenvalue weighted by atomic mass is 16.6. The average molecular weight is 130 g/mol. The molecule has 1 fully saturated rings. The summed E-state index contributed by atoms with van der Waals surface area (Å²) in [6.45, 7) is 2.69. The topological polar surface area (TPSA) is 47.3 Å². The molecule has 3 N–H and O–H groups in total. The van der Waals surface area contributed by atoms with E-state index in [-0.39, 0.29) is 0 Å². The highest BCUT2D eigenvalue weighted by molar-refractivity contribution is 4.85. The summed E-state index contributed by atoms with van der Waals surface area (Å²) in [5, 5.41) is 0. The van der Waals surface area contributed by atoms with Gasteiger partial charge in [-0.05, 0) is 19.8 Å². The van der Waals surface area contributed by atoms with E-state index in [1.165, 1.54) is 0 Å². The first kappa shape index (κ1) is 6.99. The molecule has 0 aromatic heterocycles. The number of hydrogen-bond acceptors (Lipinski definition) is 3. The lowest BCUT2D eigenvalue weighted by molar-refractivity contribution is -0.000711. The van der Waals surface area contributed by atoms with Gasteiger partial charge in [0.1, 0.15) is 0 Å². The van der Waals surface area contributed by atoms with Gasteiger partial charge in [0.2, 0.25) is 0 Å². The Morgan fingerprint density at radius 3 is 2.78 bits per heavy atom. The standard InChI is InChI=1S/C6H14N2O/c1-2-9-8-6-3-5(7)4-6/h5-6,8H,2-4,7H2,1H3. The van der Waals surface area contributed by atoms with Crippen molar-refractivity contribution in [2.75, 3.05) is 6.61 Å². The smallest absolute Gasteiger partial charge is 0.0654 e. The minimum Gasteiger partial charge on any atom is -0.328 e. The summed E-state index contributed by atoms with van der Waals surface area (Å²) < 4.78 is 0. The Bertz CT molecular complexity index is 81.1. The van der Waals surface area contributed by atoms with Crippen LogP contribution in [0.25, 0.3) is 0 Å². The molecule has 3 heteroatoms. The molecule has 0 amide bonds. The molecule has 0 heterocycles. The van der Waals surface area contributed by atoms with Crippen molar-refractivity contribution in [3.63, 3.8) is 0 Å². The molecule has 0 radical (unpaired) electrons. The molecule has 1 aliphatic rings.